The molecule has 226 valence electrons. The zero-order chi connectivity index (χ0) is 30.4. The molecule has 2 aliphatic rings. The van der Waals surface area contributed by atoms with Gasteiger partial charge >= 0.3 is 5.69 Å². The zero-order valence-electron chi connectivity index (χ0n) is 24.8. The van der Waals surface area contributed by atoms with Gasteiger partial charge in [0.1, 0.15) is 12.3 Å². The Bertz CT molecular complexity index is 1590. The molecule has 42 heavy (non-hydrogen) atoms. The first-order chi connectivity index (χ1) is 19.7. The third-order valence-corrected chi connectivity index (χ3v) is 15.4. The van der Waals surface area contributed by atoms with E-state index in [-0.39, 0.29) is 23.7 Å². The van der Waals surface area contributed by atoms with Crippen molar-refractivity contribution in [2.75, 3.05) is 13.2 Å². The number of fused-ring (bicyclic) bond motifs is 3. The van der Waals surface area contributed by atoms with Crippen molar-refractivity contribution < 1.29 is 18.2 Å². The molecule has 0 amide bonds. The largest absolute Gasteiger partial charge is 0.411 e. The molecule has 1 unspecified atom stereocenters. The Morgan fingerprint density at radius 3 is 2.21 bits per heavy atom. The lowest BCUT2D eigenvalue weighted by molar-refractivity contribution is -0.0388. The Hall–Kier alpha value is -1.82. The molecule has 0 radical (unpaired) electrons. The van der Waals surface area contributed by atoms with Crippen LogP contribution in [0.1, 0.15) is 56.0 Å². The lowest BCUT2D eigenvalue weighted by Crippen LogP contribution is -2.46. The van der Waals surface area contributed by atoms with Crippen LogP contribution in [0.15, 0.2) is 64.3 Å². The number of thiol groups is 1. The molecule has 1 N–H and O–H groups in total. The maximum atomic E-state index is 12.7. The molecule has 0 spiro atoms. The van der Waals surface area contributed by atoms with Gasteiger partial charge < -0.3 is 18.2 Å². The SMILES string of the molecule is Cc1cn([C@H]2C[C@H](O[Si](C)(C)C(C)(C)C)[C@@H](COP(=S)(S)OCC3c4ccccc4-c4ccccc43)O2)c(=O)[nH]c1=O. The number of H-pyrrole nitrogens is 1. The summed E-state index contributed by atoms with van der Waals surface area (Å²) < 4.78 is 26.9. The molecule has 1 saturated heterocycles. The summed E-state index contributed by atoms with van der Waals surface area (Å²) in [5.41, 5.74) is 1.35. The summed E-state index contributed by atoms with van der Waals surface area (Å²) in [6.45, 7) is 13.0. The molecule has 1 aromatic heterocycles. The van der Waals surface area contributed by atoms with E-state index in [2.05, 4.69) is 75.4 Å². The third kappa shape index (κ3) is 6.49. The van der Waals surface area contributed by atoms with Crippen LogP contribution in [-0.4, -0.2) is 43.3 Å². The lowest BCUT2D eigenvalue weighted by atomic mass is 9.98. The van der Waals surface area contributed by atoms with Gasteiger partial charge in [-0.05, 0) is 59.1 Å². The number of nitrogens with zero attached hydrogens (tertiary/aromatic N) is 1. The average molecular weight is 647 g/mol. The normalized spacial score (nSPS) is 22.1. The Morgan fingerprint density at radius 1 is 1.05 bits per heavy atom. The van der Waals surface area contributed by atoms with Crippen molar-refractivity contribution in [3.63, 3.8) is 0 Å². The van der Waals surface area contributed by atoms with Crippen molar-refractivity contribution in [3.8, 4) is 11.1 Å². The van der Waals surface area contributed by atoms with Crippen LogP contribution in [-0.2, 0) is 30.0 Å². The predicted octanol–water partition coefficient (Wildman–Crippen LogP) is 6.52. The highest BCUT2D eigenvalue weighted by Crippen LogP contribution is 2.56. The van der Waals surface area contributed by atoms with Gasteiger partial charge in [-0.25, -0.2) is 4.79 Å². The van der Waals surface area contributed by atoms with E-state index in [9.17, 15) is 9.59 Å². The number of benzene rings is 2. The highest BCUT2D eigenvalue weighted by Gasteiger charge is 2.46. The van der Waals surface area contributed by atoms with Crippen molar-refractivity contribution in [2.24, 2.45) is 0 Å². The molecular weight excluding hydrogens is 608 g/mol. The van der Waals surface area contributed by atoms with Gasteiger partial charge in [-0.2, -0.15) is 0 Å². The van der Waals surface area contributed by atoms with Gasteiger partial charge in [-0.3, -0.25) is 14.3 Å². The van der Waals surface area contributed by atoms with E-state index in [1.807, 2.05) is 24.3 Å². The number of nitrogens with one attached hydrogen (secondary N) is 1. The predicted molar refractivity (Wildman–Crippen MR) is 176 cm³/mol. The molecule has 2 aromatic carbocycles. The van der Waals surface area contributed by atoms with E-state index in [0.717, 1.165) is 0 Å². The summed E-state index contributed by atoms with van der Waals surface area (Å²) in [4.78, 5) is 27.0. The van der Waals surface area contributed by atoms with E-state index in [1.54, 1.807) is 6.92 Å². The number of hydrogen-bond donors (Lipinski definition) is 2. The quantitative estimate of drug-likeness (QED) is 0.155. The molecule has 4 atom stereocenters. The molecule has 5 rings (SSSR count). The Labute approximate surface area is 258 Å². The van der Waals surface area contributed by atoms with Crippen LogP contribution < -0.4 is 11.2 Å². The van der Waals surface area contributed by atoms with Crippen molar-refractivity contribution in [3.05, 3.63) is 92.3 Å². The van der Waals surface area contributed by atoms with Crippen LogP contribution in [0, 0.1) is 6.92 Å². The monoisotopic (exact) mass is 646 g/mol. The van der Waals surface area contributed by atoms with Crippen molar-refractivity contribution in [1.29, 1.82) is 0 Å². The molecule has 3 aromatic rings. The molecule has 1 aliphatic heterocycles. The molecule has 0 saturated carbocycles. The van der Waals surface area contributed by atoms with E-state index < -0.39 is 37.6 Å². The smallest absolute Gasteiger partial charge is 0.330 e. The molecular formula is C30H39N2O6PS2Si. The van der Waals surface area contributed by atoms with E-state index >= 15 is 0 Å². The average Bonchev–Trinajstić information content (AvgIpc) is 3.46. The van der Waals surface area contributed by atoms with Crippen LogP contribution in [0.2, 0.25) is 18.1 Å². The number of ether oxygens (including phenoxy) is 1. The second kappa shape index (κ2) is 11.9. The van der Waals surface area contributed by atoms with Crippen LogP contribution in [0.3, 0.4) is 0 Å². The van der Waals surface area contributed by atoms with E-state index in [0.29, 0.717) is 18.6 Å². The number of hydrogen-bond acceptors (Lipinski definition) is 7. The molecule has 12 heteroatoms. The Morgan fingerprint density at radius 2 is 1.62 bits per heavy atom. The molecule has 2 heterocycles. The van der Waals surface area contributed by atoms with Crippen molar-refractivity contribution in [2.45, 2.75) is 76.6 Å². The maximum Gasteiger partial charge on any atom is 0.330 e. The molecule has 1 fully saturated rings. The third-order valence-electron chi connectivity index (χ3n) is 8.66. The van der Waals surface area contributed by atoms with Gasteiger partial charge in [0.05, 0.1) is 19.3 Å². The first kappa shape index (κ1) is 31.6. The minimum absolute atomic E-state index is 0.0306. The minimum atomic E-state index is -2.96. The van der Waals surface area contributed by atoms with Gasteiger partial charge in [0, 0.05) is 24.1 Å². The molecule has 0 bridgehead atoms. The summed E-state index contributed by atoms with van der Waals surface area (Å²) in [6, 6.07) is 16.7. The topological polar surface area (TPSA) is 91.8 Å². The van der Waals surface area contributed by atoms with Crippen LogP contribution >= 0.6 is 17.9 Å². The lowest BCUT2D eigenvalue weighted by Gasteiger charge is -2.39. The second-order valence-corrected chi connectivity index (χ2v) is 22.6. The van der Waals surface area contributed by atoms with Gasteiger partial charge in [-0.15, -0.1) is 0 Å². The first-order valence-electron chi connectivity index (χ1n) is 14.1. The van der Waals surface area contributed by atoms with Gasteiger partial charge in [-0.1, -0.05) is 81.6 Å². The summed E-state index contributed by atoms with van der Waals surface area (Å²) in [5.74, 6) is 0.0348. The second-order valence-electron chi connectivity index (χ2n) is 12.5. The fourth-order valence-electron chi connectivity index (χ4n) is 5.31. The molecule has 8 nitrogen and oxygen atoms in total. The summed E-state index contributed by atoms with van der Waals surface area (Å²) in [5, 5.41) is -0.0306. The fraction of sp³-hybridized carbons (Fsp3) is 0.467. The summed E-state index contributed by atoms with van der Waals surface area (Å²) in [6.07, 6.45) is 0.488. The maximum absolute atomic E-state index is 12.7. The van der Waals surface area contributed by atoms with Gasteiger partial charge in [0.15, 0.2) is 8.32 Å². The number of aromatic nitrogens is 2. The fourth-order valence-corrected chi connectivity index (χ4v) is 8.18. The van der Waals surface area contributed by atoms with Crippen LogP contribution in [0.5, 0.6) is 0 Å². The minimum Gasteiger partial charge on any atom is -0.411 e. The number of rotatable bonds is 9. The Balaban J connectivity index is 1.31. The summed E-state index contributed by atoms with van der Waals surface area (Å²) >= 11 is 10.4. The van der Waals surface area contributed by atoms with Crippen LogP contribution in [0.25, 0.3) is 11.1 Å². The van der Waals surface area contributed by atoms with E-state index in [4.69, 9.17) is 30.0 Å². The summed E-state index contributed by atoms with van der Waals surface area (Å²) in [7, 11) is -2.20. The van der Waals surface area contributed by atoms with Gasteiger partial charge in [0.2, 0.25) is 5.69 Å². The zero-order valence-corrected chi connectivity index (χ0v) is 28.4. The highest BCUT2D eigenvalue weighted by atomic mass is 32.9. The standard InChI is InChI=1S/C30H39N2O6PS2Si/c1-19-16-32(29(34)31-28(19)33)27-15-25(38-42(5,6)30(2,3)4)26(37-27)18-36-39(40,41)35-17-24-22-13-9-7-11-20(22)21-12-8-10-14-23(21)24/h7-14,16,24-27H,15,17-18H2,1-6H3,(H,40,41)(H,31,33,34)/t25-,26+,27+/m0/s1. The van der Waals surface area contributed by atoms with Crippen molar-refractivity contribution >= 4 is 38.1 Å². The van der Waals surface area contributed by atoms with Crippen molar-refractivity contribution in [1.82, 2.24) is 9.55 Å². The first-order valence-corrected chi connectivity index (χ1v) is 20.8. The number of aromatic amines is 1. The van der Waals surface area contributed by atoms with Crippen LogP contribution in [0.4, 0.5) is 0 Å². The van der Waals surface area contributed by atoms with Gasteiger partial charge in [0.25, 0.3) is 5.56 Å². The number of aryl methyl sites for hydroxylation is 1. The Kier molecular flexibility index (Phi) is 8.98. The molecule has 1 aliphatic carbocycles. The highest BCUT2D eigenvalue weighted by molar-refractivity contribution is 8.60. The van der Waals surface area contributed by atoms with E-state index in [1.165, 1.54) is 33.0 Å².